The third-order valence-electron chi connectivity index (χ3n) is 4.37. The van der Waals surface area contributed by atoms with Crippen LogP contribution in [0.4, 0.5) is 13.2 Å². The molecule has 4 nitrogen and oxygen atoms in total. The summed E-state index contributed by atoms with van der Waals surface area (Å²) in [5.74, 6) is -0.311. The molecule has 0 aliphatic heterocycles. The molecule has 0 atom stereocenters. The normalized spacial score (nSPS) is 12.0. The first-order chi connectivity index (χ1) is 14.0. The van der Waals surface area contributed by atoms with E-state index < -0.39 is 21.6 Å². The van der Waals surface area contributed by atoms with Gasteiger partial charge in [-0.1, -0.05) is 30.3 Å². The van der Waals surface area contributed by atoms with E-state index in [1.807, 2.05) is 0 Å². The molecule has 1 aromatic heterocycles. The van der Waals surface area contributed by atoms with Gasteiger partial charge in [0, 0.05) is 19.3 Å². The van der Waals surface area contributed by atoms with Crippen LogP contribution >= 0.6 is 11.3 Å². The van der Waals surface area contributed by atoms with Gasteiger partial charge in [0.25, 0.3) is 5.91 Å². The number of rotatable bonds is 6. The monoisotopic (exact) mass is 453 g/mol. The molecular weight excluding hydrogens is 435 g/mol. The van der Waals surface area contributed by atoms with Gasteiger partial charge in [0.2, 0.25) is 0 Å². The number of hydrogen-bond donors (Lipinski definition) is 0. The summed E-state index contributed by atoms with van der Waals surface area (Å²) in [4.78, 5) is 15.0. The second kappa shape index (κ2) is 8.61. The van der Waals surface area contributed by atoms with Crippen LogP contribution in [0.2, 0.25) is 0 Å². The maximum absolute atomic E-state index is 13.0. The zero-order valence-electron chi connectivity index (χ0n) is 15.9. The molecule has 0 fully saturated rings. The summed E-state index contributed by atoms with van der Waals surface area (Å²) in [5, 5.41) is 1.75. The number of thiophene rings is 1. The standard InChI is InChI=1S/C21H18F3NO3S2/c1-30(27,28)18-9-7-15(8-10-18)13-25(20(26)19-6-3-11-29-19)14-16-4-2-5-17(12-16)21(22,23)24/h2-12H,13-14H2,1H3. The van der Waals surface area contributed by atoms with Crippen LogP contribution < -0.4 is 0 Å². The fourth-order valence-electron chi connectivity index (χ4n) is 2.88. The topological polar surface area (TPSA) is 54.5 Å². The Morgan fingerprint density at radius 3 is 2.20 bits per heavy atom. The highest BCUT2D eigenvalue weighted by molar-refractivity contribution is 7.90. The summed E-state index contributed by atoms with van der Waals surface area (Å²) in [5.41, 5.74) is 0.239. The Hall–Kier alpha value is -2.65. The van der Waals surface area contributed by atoms with Crippen molar-refractivity contribution in [1.82, 2.24) is 4.90 Å². The van der Waals surface area contributed by atoms with Crippen molar-refractivity contribution in [2.45, 2.75) is 24.2 Å². The van der Waals surface area contributed by atoms with E-state index in [0.29, 0.717) is 16.0 Å². The molecule has 0 aliphatic rings. The van der Waals surface area contributed by atoms with Gasteiger partial charge in [-0.2, -0.15) is 13.2 Å². The molecule has 30 heavy (non-hydrogen) atoms. The molecule has 158 valence electrons. The van der Waals surface area contributed by atoms with E-state index in [9.17, 15) is 26.4 Å². The van der Waals surface area contributed by atoms with Crippen LogP contribution in [-0.2, 0) is 29.1 Å². The molecule has 3 rings (SSSR count). The highest BCUT2D eigenvalue weighted by Gasteiger charge is 2.30. The molecule has 0 saturated heterocycles. The van der Waals surface area contributed by atoms with Gasteiger partial charge < -0.3 is 4.90 Å². The van der Waals surface area contributed by atoms with E-state index in [1.54, 1.807) is 29.6 Å². The minimum atomic E-state index is -4.47. The van der Waals surface area contributed by atoms with Crippen molar-refractivity contribution in [1.29, 1.82) is 0 Å². The summed E-state index contributed by atoms with van der Waals surface area (Å²) >= 11 is 1.24. The van der Waals surface area contributed by atoms with Gasteiger partial charge in [0.05, 0.1) is 15.3 Å². The largest absolute Gasteiger partial charge is 0.416 e. The van der Waals surface area contributed by atoms with Crippen molar-refractivity contribution in [2.75, 3.05) is 6.26 Å². The van der Waals surface area contributed by atoms with Gasteiger partial charge in [-0.15, -0.1) is 11.3 Å². The lowest BCUT2D eigenvalue weighted by atomic mass is 10.1. The lowest BCUT2D eigenvalue weighted by molar-refractivity contribution is -0.137. The second-order valence-electron chi connectivity index (χ2n) is 6.75. The molecule has 1 heterocycles. The Bertz CT molecular complexity index is 1120. The van der Waals surface area contributed by atoms with Crippen molar-refractivity contribution < 1.29 is 26.4 Å². The van der Waals surface area contributed by atoms with Crippen molar-refractivity contribution in [3.05, 3.63) is 87.6 Å². The lowest BCUT2D eigenvalue weighted by Gasteiger charge is -2.23. The third-order valence-corrected chi connectivity index (χ3v) is 6.36. The van der Waals surface area contributed by atoms with Crippen LogP contribution in [0.3, 0.4) is 0 Å². The number of benzene rings is 2. The summed E-state index contributed by atoms with van der Waals surface area (Å²) < 4.78 is 62.4. The quantitative estimate of drug-likeness (QED) is 0.527. The van der Waals surface area contributed by atoms with E-state index >= 15 is 0 Å². The van der Waals surface area contributed by atoms with Gasteiger partial charge >= 0.3 is 6.18 Å². The fraction of sp³-hybridized carbons (Fsp3) is 0.190. The molecule has 3 aromatic rings. The van der Waals surface area contributed by atoms with Gasteiger partial charge in [-0.25, -0.2) is 8.42 Å². The molecule has 0 saturated carbocycles. The highest BCUT2D eigenvalue weighted by Crippen LogP contribution is 2.30. The molecule has 0 unspecified atom stereocenters. The van der Waals surface area contributed by atoms with E-state index in [-0.39, 0.29) is 23.9 Å². The molecule has 0 N–H and O–H groups in total. The molecule has 0 spiro atoms. The van der Waals surface area contributed by atoms with Crippen molar-refractivity contribution in [3.63, 3.8) is 0 Å². The zero-order chi connectivity index (χ0) is 21.9. The summed E-state index contributed by atoms with van der Waals surface area (Å²) in [6.45, 7) is 0.103. The molecule has 9 heteroatoms. The summed E-state index contributed by atoms with van der Waals surface area (Å²) in [6.07, 6.45) is -3.37. The number of sulfone groups is 1. The molecular formula is C21H18F3NO3S2. The smallest absolute Gasteiger partial charge is 0.329 e. The summed E-state index contributed by atoms with van der Waals surface area (Å²) in [7, 11) is -3.35. The van der Waals surface area contributed by atoms with E-state index in [4.69, 9.17) is 0 Å². The first-order valence-electron chi connectivity index (χ1n) is 8.82. The van der Waals surface area contributed by atoms with Crippen LogP contribution in [0, 0.1) is 0 Å². The lowest BCUT2D eigenvalue weighted by Crippen LogP contribution is -2.29. The van der Waals surface area contributed by atoms with E-state index in [1.165, 1.54) is 40.5 Å². The van der Waals surface area contributed by atoms with Crippen LogP contribution in [0.15, 0.2) is 70.9 Å². The van der Waals surface area contributed by atoms with Crippen molar-refractivity contribution >= 4 is 27.1 Å². The number of hydrogen-bond acceptors (Lipinski definition) is 4. The second-order valence-corrected chi connectivity index (χ2v) is 9.72. The Morgan fingerprint density at radius 2 is 1.63 bits per heavy atom. The fourth-order valence-corrected chi connectivity index (χ4v) is 4.21. The summed E-state index contributed by atoms with van der Waals surface area (Å²) in [6, 6.07) is 14.3. The van der Waals surface area contributed by atoms with Crippen LogP contribution in [0.1, 0.15) is 26.4 Å². The Balaban J connectivity index is 1.89. The highest BCUT2D eigenvalue weighted by atomic mass is 32.2. The molecule has 0 bridgehead atoms. The van der Waals surface area contributed by atoms with Crippen molar-refractivity contribution in [2.24, 2.45) is 0 Å². The number of halogens is 3. The molecule has 1 amide bonds. The molecule has 2 aromatic carbocycles. The Morgan fingerprint density at radius 1 is 0.967 bits per heavy atom. The van der Waals surface area contributed by atoms with Crippen LogP contribution in [-0.4, -0.2) is 25.5 Å². The molecule has 0 aliphatic carbocycles. The number of carbonyl (C=O) groups excluding carboxylic acids is 1. The first-order valence-corrected chi connectivity index (χ1v) is 11.6. The third kappa shape index (κ3) is 5.48. The first kappa shape index (κ1) is 22.0. The maximum Gasteiger partial charge on any atom is 0.416 e. The number of carbonyl (C=O) groups is 1. The zero-order valence-corrected chi connectivity index (χ0v) is 17.5. The van der Waals surface area contributed by atoms with Gasteiger partial charge in [0.1, 0.15) is 0 Å². The minimum Gasteiger partial charge on any atom is -0.329 e. The minimum absolute atomic E-state index is 0.0194. The maximum atomic E-state index is 13.0. The van der Waals surface area contributed by atoms with Crippen molar-refractivity contribution in [3.8, 4) is 0 Å². The number of amides is 1. The van der Waals surface area contributed by atoms with Gasteiger partial charge in [-0.05, 0) is 46.8 Å². The van der Waals surface area contributed by atoms with E-state index in [0.717, 1.165) is 18.4 Å². The predicted molar refractivity (Wildman–Crippen MR) is 109 cm³/mol. The Labute approximate surface area is 176 Å². The van der Waals surface area contributed by atoms with Gasteiger partial charge in [0.15, 0.2) is 9.84 Å². The van der Waals surface area contributed by atoms with Crippen LogP contribution in [0.25, 0.3) is 0 Å². The average molecular weight is 454 g/mol. The number of nitrogens with zero attached hydrogens (tertiary/aromatic N) is 1. The van der Waals surface area contributed by atoms with Crippen LogP contribution in [0.5, 0.6) is 0 Å². The molecule has 0 radical (unpaired) electrons. The predicted octanol–water partition coefficient (Wildman–Crippen LogP) is 5.01. The number of alkyl halides is 3. The Kier molecular flexibility index (Phi) is 6.33. The van der Waals surface area contributed by atoms with Gasteiger partial charge in [-0.3, -0.25) is 4.79 Å². The SMILES string of the molecule is CS(=O)(=O)c1ccc(CN(Cc2cccc(C(F)(F)F)c2)C(=O)c2cccs2)cc1. The van der Waals surface area contributed by atoms with E-state index in [2.05, 4.69) is 0 Å². The average Bonchev–Trinajstić information content (AvgIpc) is 3.21.